The minimum absolute atomic E-state index is 0.00584. The van der Waals surface area contributed by atoms with Crippen molar-refractivity contribution in [3.8, 4) is 0 Å². The molecule has 0 aromatic carbocycles. The molecule has 0 aliphatic heterocycles. The van der Waals surface area contributed by atoms with E-state index >= 15 is 0 Å². The van der Waals surface area contributed by atoms with E-state index in [1.54, 1.807) is 47.9 Å². The van der Waals surface area contributed by atoms with Crippen molar-refractivity contribution < 1.29 is 38.4 Å². The molecule has 5 heterocycles. The Morgan fingerprint density at radius 1 is 0.618 bits per heavy atom. The zero-order valence-corrected chi connectivity index (χ0v) is 38.0. The molecule has 5 aromatic heterocycles. The lowest BCUT2D eigenvalue weighted by atomic mass is 10.1. The number of imidazole rings is 3. The summed E-state index contributed by atoms with van der Waals surface area (Å²) in [6, 6.07) is 3.21. The van der Waals surface area contributed by atoms with Gasteiger partial charge in [0.2, 0.25) is 29.5 Å². The van der Waals surface area contributed by atoms with Gasteiger partial charge < -0.3 is 72.4 Å². The molecule has 5 rings (SSSR count). The number of H-pyrrole nitrogens is 3. The summed E-state index contributed by atoms with van der Waals surface area (Å²) >= 11 is 0. The second-order valence-corrected chi connectivity index (χ2v) is 15.7. The van der Waals surface area contributed by atoms with Crippen molar-refractivity contribution in [2.24, 2.45) is 19.8 Å². The number of nitrogens with zero attached hydrogens (tertiary/aromatic N) is 5. The monoisotopic (exact) mass is 941 g/mol. The smallest absolute Gasteiger partial charge is 0.291 e. The lowest BCUT2D eigenvalue weighted by Gasteiger charge is -2.06. The summed E-state index contributed by atoms with van der Waals surface area (Å²) in [7, 11) is 3.33. The quantitative estimate of drug-likeness (QED) is 0.0300. The first-order valence-corrected chi connectivity index (χ1v) is 22.1. The Hall–Kier alpha value is -8.09. The van der Waals surface area contributed by atoms with Crippen LogP contribution in [0.25, 0.3) is 0 Å². The third-order valence-electron chi connectivity index (χ3n) is 10.1. The van der Waals surface area contributed by atoms with Gasteiger partial charge in [-0.15, -0.1) is 0 Å². The van der Waals surface area contributed by atoms with Gasteiger partial charge in [-0.05, 0) is 37.1 Å². The van der Waals surface area contributed by atoms with E-state index in [1.807, 2.05) is 0 Å². The zero-order valence-electron chi connectivity index (χ0n) is 38.0. The van der Waals surface area contributed by atoms with Crippen LogP contribution < -0.4 is 48.3 Å². The number of unbranched alkanes of at least 4 members (excludes halogenated alkanes) is 4. The molecule has 0 fully saturated rings. The molecule has 25 nitrogen and oxygen atoms in total. The summed E-state index contributed by atoms with van der Waals surface area (Å²) in [6.45, 7) is 1.66. The minimum Gasteiger partial charge on any atom is -0.364 e. The predicted molar refractivity (Wildman–Crippen MR) is 248 cm³/mol. The number of anilines is 3. The van der Waals surface area contributed by atoms with E-state index in [0.29, 0.717) is 41.7 Å². The second kappa shape index (κ2) is 26.2. The molecular formula is C43H59N17O8. The number of aryl methyl sites for hydroxylation is 2. The SMILES string of the molecule is Cn1cc(NC(=O)c2nccn2C)cc1C(=O)NCCC(=O)Nc1cnc(C(=O)NCc2c[nH]c(CC(=O)NCCC(=O)Nc3cnc(CC(=O)NCCC(=O)NCCCCCCCN)[nH]3)c2)[nH]1. The maximum atomic E-state index is 12.8. The molecule has 0 aliphatic rings. The first-order chi connectivity index (χ1) is 32.8. The lowest BCUT2D eigenvalue weighted by Crippen LogP contribution is -2.32. The molecule has 25 heteroatoms. The van der Waals surface area contributed by atoms with Crippen LogP contribution >= 0.6 is 0 Å². The van der Waals surface area contributed by atoms with Crippen molar-refractivity contribution in [2.75, 3.05) is 48.7 Å². The van der Waals surface area contributed by atoms with E-state index in [9.17, 15) is 38.4 Å². The minimum atomic E-state index is -0.546. The summed E-state index contributed by atoms with van der Waals surface area (Å²) < 4.78 is 3.11. The van der Waals surface area contributed by atoms with Crippen molar-refractivity contribution in [3.05, 3.63) is 83.7 Å². The summed E-state index contributed by atoms with van der Waals surface area (Å²) in [4.78, 5) is 121. The molecule has 0 unspecified atom stereocenters. The van der Waals surface area contributed by atoms with Crippen molar-refractivity contribution in [1.29, 1.82) is 0 Å². The highest BCUT2D eigenvalue weighted by atomic mass is 16.2. The van der Waals surface area contributed by atoms with Crippen molar-refractivity contribution >= 4 is 64.6 Å². The molecular weight excluding hydrogens is 883 g/mol. The van der Waals surface area contributed by atoms with Gasteiger partial charge in [0.15, 0.2) is 11.6 Å². The number of nitrogens with one attached hydrogen (secondary N) is 11. The van der Waals surface area contributed by atoms with E-state index in [2.05, 4.69) is 72.4 Å². The third kappa shape index (κ3) is 17.0. The van der Waals surface area contributed by atoms with Crippen LogP contribution in [0, 0.1) is 0 Å². The molecule has 8 amide bonds. The van der Waals surface area contributed by atoms with E-state index < -0.39 is 23.6 Å². The molecule has 0 saturated carbocycles. The number of nitrogens with two attached hydrogens (primary N) is 1. The van der Waals surface area contributed by atoms with Gasteiger partial charge in [-0.1, -0.05) is 19.3 Å². The number of aromatic nitrogens is 8. The Balaban J connectivity index is 0.905. The average Bonchev–Trinajstić information content (AvgIpc) is 4.16. The lowest BCUT2D eigenvalue weighted by molar-refractivity contribution is -0.123. The first-order valence-electron chi connectivity index (χ1n) is 22.1. The van der Waals surface area contributed by atoms with Crippen LogP contribution in [0.1, 0.15) is 100 Å². The highest BCUT2D eigenvalue weighted by Gasteiger charge is 2.18. The first kappa shape index (κ1) is 50.9. The fourth-order valence-electron chi connectivity index (χ4n) is 6.61. The number of hydrogen-bond donors (Lipinski definition) is 12. The number of carbonyl (C=O) groups excluding carboxylic acids is 8. The van der Waals surface area contributed by atoms with Gasteiger partial charge in [0, 0.05) is 96.6 Å². The van der Waals surface area contributed by atoms with Crippen LogP contribution in [-0.2, 0) is 57.5 Å². The van der Waals surface area contributed by atoms with Crippen molar-refractivity contribution in [2.45, 2.75) is 70.8 Å². The molecule has 0 atom stereocenters. The standard InChI is InChI=1S/C43H59N17O8/c1-59-17-16-48-40(59)43(68)54-29-19-30(60(2)26-29)41(66)49-15-10-36(63)57-33-25-52-39(58-33)42(67)53-23-27-18-28(50-22-27)20-37(64)46-14-9-35(62)56-32-24-51-31(55-32)21-38(65)47-13-8-34(61)45-12-7-5-3-4-6-11-44/h16-19,22,24-26,50H,3-15,20-21,23,44H2,1-2H3,(H,45,61)(H,46,64)(H,47,65)(H,49,66)(H,51,55)(H,52,58)(H,53,67)(H,54,68)(H,56,62)(H,57,63). The molecule has 0 saturated heterocycles. The summed E-state index contributed by atoms with van der Waals surface area (Å²) in [5.74, 6) is -2.11. The van der Waals surface area contributed by atoms with Crippen LogP contribution in [0.15, 0.2) is 49.3 Å². The zero-order chi connectivity index (χ0) is 48.8. The topological polar surface area (TPSA) is 355 Å². The van der Waals surface area contributed by atoms with Gasteiger partial charge in [-0.2, -0.15) is 0 Å². The Labute approximate surface area is 390 Å². The van der Waals surface area contributed by atoms with Crippen LogP contribution in [0.3, 0.4) is 0 Å². The highest BCUT2D eigenvalue weighted by molar-refractivity contribution is 6.03. The summed E-state index contributed by atoms with van der Waals surface area (Å²) in [5, 5.41) is 21.5. The van der Waals surface area contributed by atoms with Crippen molar-refractivity contribution in [3.63, 3.8) is 0 Å². The third-order valence-corrected chi connectivity index (χ3v) is 10.1. The Kier molecular flexibility index (Phi) is 19.6. The fraction of sp³-hybridized carbons (Fsp3) is 0.419. The summed E-state index contributed by atoms with van der Waals surface area (Å²) in [5.41, 5.74) is 7.40. The molecule has 5 aromatic rings. The second-order valence-electron chi connectivity index (χ2n) is 15.7. The van der Waals surface area contributed by atoms with Gasteiger partial charge >= 0.3 is 0 Å². The van der Waals surface area contributed by atoms with Crippen molar-refractivity contribution in [1.82, 2.24) is 65.6 Å². The Morgan fingerprint density at radius 3 is 1.99 bits per heavy atom. The van der Waals surface area contributed by atoms with Gasteiger partial charge in [-0.25, -0.2) is 15.0 Å². The molecule has 0 aliphatic carbocycles. The maximum absolute atomic E-state index is 12.8. The van der Waals surface area contributed by atoms with Crippen LogP contribution in [0.2, 0.25) is 0 Å². The van der Waals surface area contributed by atoms with E-state index in [4.69, 9.17) is 5.73 Å². The van der Waals surface area contributed by atoms with Gasteiger partial charge in [0.1, 0.15) is 23.2 Å². The van der Waals surface area contributed by atoms with Crippen LogP contribution in [-0.4, -0.2) is 119 Å². The average molecular weight is 942 g/mol. The van der Waals surface area contributed by atoms with E-state index in [0.717, 1.165) is 32.1 Å². The largest absolute Gasteiger partial charge is 0.364 e. The van der Waals surface area contributed by atoms with Crippen LogP contribution in [0.5, 0.6) is 0 Å². The number of aromatic amines is 3. The Bertz CT molecular complexity index is 2510. The van der Waals surface area contributed by atoms with E-state index in [1.165, 1.54) is 24.7 Å². The van der Waals surface area contributed by atoms with E-state index in [-0.39, 0.29) is 105 Å². The highest BCUT2D eigenvalue weighted by Crippen LogP contribution is 2.15. The molecule has 13 N–H and O–H groups in total. The number of amides is 8. The normalized spacial score (nSPS) is 10.8. The number of rotatable bonds is 28. The maximum Gasteiger partial charge on any atom is 0.291 e. The van der Waals surface area contributed by atoms with Crippen LogP contribution in [0.4, 0.5) is 17.3 Å². The Morgan fingerprint density at radius 2 is 1.26 bits per heavy atom. The fourth-order valence-corrected chi connectivity index (χ4v) is 6.61. The van der Waals surface area contributed by atoms with Gasteiger partial charge in [-0.3, -0.25) is 38.4 Å². The van der Waals surface area contributed by atoms with Gasteiger partial charge in [0.25, 0.3) is 17.7 Å². The predicted octanol–water partition coefficient (Wildman–Crippen LogP) is 0.236. The molecule has 0 spiro atoms. The molecule has 364 valence electrons. The molecule has 68 heavy (non-hydrogen) atoms. The summed E-state index contributed by atoms with van der Waals surface area (Å²) in [6.07, 6.45) is 14.1. The number of hydrogen-bond acceptors (Lipinski definition) is 12. The number of carbonyl (C=O) groups is 8. The molecule has 0 bridgehead atoms. The van der Waals surface area contributed by atoms with Gasteiger partial charge in [0.05, 0.1) is 30.9 Å². The molecule has 0 radical (unpaired) electrons.